The average Bonchev–Trinajstić information content (AvgIpc) is 2.84. The zero-order valence-corrected chi connectivity index (χ0v) is 11.9. The van der Waals surface area contributed by atoms with Gasteiger partial charge in [0, 0.05) is 11.9 Å². The Labute approximate surface area is 115 Å². The van der Waals surface area contributed by atoms with Crippen molar-refractivity contribution in [2.75, 3.05) is 0 Å². The highest BCUT2D eigenvalue weighted by molar-refractivity contribution is 5.13. The molecule has 0 radical (unpaired) electrons. The van der Waals surface area contributed by atoms with Crippen LogP contribution in [0.2, 0.25) is 0 Å². The van der Waals surface area contributed by atoms with Crippen LogP contribution in [0.25, 0.3) is 0 Å². The molecular weight excluding hydrogens is 234 g/mol. The van der Waals surface area contributed by atoms with Gasteiger partial charge in [0.25, 0.3) is 0 Å². The van der Waals surface area contributed by atoms with E-state index in [1.54, 1.807) is 0 Å². The van der Waals surface area contributed by atoms with E-state index < -0.39 is 0 Å². The van der Waals surface area contributed by atoms with Gasteiger partial charge in [0.1, 0.15) is 5.82 Å². The Hall–Kier alpha value is -0.830. The molecule has 3 heteroatoms. The number of aromatic nitrogens is 2. The van der Waals surface area contributed by atoms with Crippen LogP contribution in [0.3, 0.4) is 0 Å². The molecule has 4 aliphatic rings. The lowest BCUT2D eigenvalue weighted by molar-refractivity contribution is -0.0690. The molecule has 1 unspecified atom stereocenters. The van der Waals surface area contributed by atoms with E-state index in [-0.39, 0.29) is 6.04 Å². The zero-order chi connectivity index (χ0) is 13.0. The van der Waals surface area contributed by atoms with Crippen molar-refractivity contribution >= 4 is 0 Å². The van der Waals surface area contributed by atoms with E-state index >= 15 is 0 Å². The maximum Gasteiger partial charge on any atom is 0.123 e. The Morgan fingerprint density at radius 1 is 1.26 bits per heavy atom. The van der Waals surface area contributed by atoms with E-state index in [0.29, 0.717) is 5.41 Å². The quantitative estimate of drug-likeness (QED) is 0.876. The lowest BCUT2D eigenvalue weighted by Gasteiger charge is -2.58. The van der Waals surface area contributed by atoms with Gasteiger partial charge in [0.05, 0.1) is 6.04 Å². The molecule has 4 saturated carbocycles. The minimum absolute atomic E-state index is 0.126. The molecule has 0 amide bonds. The molecule has 3 N–H and O–H groups in total. The molecule has 1 aromatic rings. The Bertz CT molecular complexity index is 441. The van der Waals surface area contributed by atoms with Crippen LogP contribution in [0.5, 0.6) is 0 Å². The number of rotatable bonds is 3. The van der Waals surface area contributed by atoms with Crippen LogP contribution < -0.4 is 5.73 Å². The number of nitrogens with two attached hydrogens (primary N) is 1. The van der Waals surface area contributed by atoms with Gasteiger partial charge in [-0.05, 0) is 68.1 Å². The van der Waals surface area contributed by atoms with Gasteiger partial charge in [-0.25, -0.2) is 4.98 Å². The van der Waals surface area contributed by atoms with Gasteiger partial charge in [0.15, 0.2) is 0 Å². The standard InChI is InChI=1S/C16H25N3/c1-2-13-9-18-15(19-13)14(17)16-6-10-3-11(7-16)5-12(4-10)8-16/h9-12,14H,2-8,17H2,1H3,(H,18,19). The predicted octanol–water partition coefficient (Wildman–Crippen LogP) is 3.19. The Morgan fingerprint density at radius 3 is 2.32 bits per heavy atom. The van der Waals surface area contributed by atoms with Crippen LogP contribution in [0, 0.1) is 23.2 Å². The number of hydrogen-bond acceptors (Lipinski definition) is 2. The molecule has 0 aliphatic heterocycles. The van der Waals surface area contributed by atoms with Gasteiger partial charge < -0.3 is 10.7 Å². The summed E-state index contributed by atoms with van der Waals surface area (Å²) in [7, 11) is 0. The number of hydrogen-bond donors (Lipinski definition) is 2. The summed E-state index contributed by atoms with van der Waals surface area (Å²) in [5.41, 5.74) is 8.24. The molecular formula is C16H25N3. The fraction of sp³-hybridized carbons (Fsp3) is 0.812. The third-order valence-corrected chi connectivity index (χ3v) is 6.07. The highest BCUT2D eigenvalue weighted by Crippen LogP contribution is 2.63. The van der Waals surface area contributed by atoms with E-state index in [4.69, 9.17) is 5.73 Å². The number of H-pyrrole nitrogens is 1. The van der Waals surface area contributed by atoms with Gasteiger partial charge in [0.2, 0.25) is 0 Å². The van der Waals surface area contributed by atoms with Gasteiger partial charge >= 0.3 is 0 Å². The second kappa shape index (κ2) is 4.08. The van der Waals surface area contributed by atoms with Crippen LogP contribution in [0.15, 0.2) is 6.20 Å². The first-order valence-corrected chi connectivity index (χ1v) is 7.98. The number of nitrogens with one attached hydrogen (secondary N) is 1. The van der Waals surface area contributed by atoms with Crippen molar-refractivity contribution in [3.05, 3.63) is 17.7 Å². The van der Waals surface area contributed by atoms with Crippen molar-refractivity contribution in [2.45, 2.75) is 57.9 Å². The maximum absolute atomic E-state index is 6.67. The molecule has 1 atom stereocenters. The molecule has 1 heterocycles. The van der Waals surface area contributed by atoms with Crippen molar-refractivity contribution in [2.24, 2.45) is 28.9 Å². The van der Waals surface area contributed by atoms with Gasteiger partial charge in [-0.3, -0.25) is 0 Å². The highest BCUT2D eigenvalue weighted by atomic mass is 15.0. The second-order valence-corrected chi connectivity index (χ2v) is 7.40. The summed E-state index contributed by atoms with van der Waals surface area (Å²) in [6, 6.07) is 0.126. The van der Waals surface area contributed by atoms with Gasteiger partial charge in [-0.1, -0.05) is 6.92 Å². The first-order chi connectivity index (χ1) is 9.18. The lowest BCUT2D eigenvalue weighted by atomic mass is 9.47. The smallest absolute Gasteiger partial charge is 0.123 e. The average molecular weight is 259 g/mol. The fourth-order valence-electron chi connectivity index (χ4n) is 5.56. The van der Waals surface area contributed by atoms with E-state index in [2.05, 4.69) is 16.9 Å². The molecule has 4 aliphatic carbocycles. The highest BCUT2D eigenvalue weighted by Gasteiger charge is 2.54. The number of aryl methyl sites for hydroxylation is 1. The van der Waals surface area contributed by atoms with Crippen LogP contribution in [-0.2, 0) is 6.42 Å². The second-order valence-electron chi connectivity index (χ2n) is 7.40. The van der Waals surface area contributed by atoms with E-state index in [9.17, 15) is 0 Å². The van der Waals surface area contributed by atoms with Gasteiger partial charge in [-0.2, -0.15) is 0 Å². The fourth-order valence-corrected chi connectivity index (χ4v) is 5.56. The van der Waals surface area contributed by atoms with Crippen molar-refractivity contribution in [3.63, 3.8) is 0 Å². The minimum atomic E-state index is 0.126. The van der Waals surface area contributed by atoms with Crippen molar-refractivity contribution in [1.82, 2.24) is 9.97 Å². The molecule has 104 valence electrons. The molecule has 3 nitrogen and oxygen atoms in total. The molecule has 0 aromatic carbocycles. The molecule has 0 spiro atoms. The normalized spacial score (nSPS) is 41.7. The van der Waals surface area contributed by atoms with E-state index in [1.165, 1.54) is 44.2 Å². The Morgan fingerprint density at radius 2 is 1.84 bits per heavy atom. The molecule has 1 aromatic heterocycles. The first-order valence-electron chi connectivity index (χ1n) is 7.98. The maximum atomic E-state index is 6.67. The van der Waals surface area contributed by atoms with Gasteiger partial charge in [-0.15, -0.1) is 0 Å². The Kier molecular flexibility index (Phi) is 2.57. The molecule has 0 saturated heterocycles. The van der Waals surface area contributed by atoms with Crippen LogP contribution in [-0.4, -0.2) is 9.97 Å². The van der Waals surface area contributed by atoms with Crippen molar-refractivity contribution in [3.8, 4) is 0 Å². The number of aromatic amines is 1. The molecule has 4 bridgehead atoms. The number of nitrogens with zero attached hydrogens (tertiary/aromatic N) is 1. The van der Waals surface area contributed by atoms with E-state index in [1.807, 2.05) is 6.20 Å². The van der Waals surface area contributed by atoms with E-state index in [0.717, 1.165) is 30.0 Å². The van der Waals surface area contributed by atoms with Crippen LogP contribution in [0.4, 0.5) is 0 Å². The summed E-state index contributed by atoms with van der Waals surface area (Å²) in [6.45, 7) is 2.16. The largest absolute Gasteiger partial charge is 0.345 e. The molecule has 19 heavy (non-hydrogen) atoms. The molecule has 5 rings (SSSR count). The summed E-state index contributed by atoms with van der Waals surface area (Å²) < 4.78 is 0. The zero-order valence-electron chi connectivity index (χ0n) is 11.9. The summed E-state index contributed by atoms with van der Waals surface area (Å²) in [6.07, 6.45) is 11.5. The van der Waals surface area contributed by atoms with Crippen LogP contribution >= 0.6 is 0 Å². The number of imidazole rings is 1. The summed E-state index contributed by atoms with van der Waals surface area (Å²) in [4.78, 5) is 8.02. The molecule has 4 fully saturated rings. The van der Waals surface area contributed by atoms with Crippen LogP contribution in [0.1, 0.15) is 63.0 Å². The minimum Gasteiger partial charge on any atom is -0.345 e. The SMILES string of the molecule is CCc1cnc(C(N)C23CC4CC(CC(C4)C2)C3)[nH]1. The monoisotopic (exact) mass is 259 g/mol. The predicted molar refractivity (Wildman–Crippen MR) is 75.5 cm³/mol. The third-order valence-electron chi connectivity index (χ3n) is 6.07. The Balaban J connectivity index is 1.63. The lowest BCUT2D eigenvalue weighted by Crippen LogP contribution is -2.51. The topological polar surface area (TPSA) is 54.7 Å². The third kappa shape index (κ3) is 1.78. The van der Waals surface area contributed by atoms with Crippen molar-refractivity contribution < 1.29 is 0 Å². The summed E-state index contributed by atoms with van der Waals surface area (Å²) in [5.74, 6) is 3.91. The summed E-state index contributed by atoms with van der Waals surface area (Å²) in [5, 5.41) is 0. The first kappa shape index (κ1) is 12.0. The van der Waals surface area contributed by atoms with Crippen molar-refractivity contribution in [1.29, 1.82) is 0 Å². The summed E-state index contributed by atoms with van der Waals surface area (Å²) >= 11 is 0.